The molecule has 0 aliphatic rings. The van der Waals surface area contributed by atoms with Gasteiger partial charge in [0.05, 0.1) is 19.1 Å². The molecule has 0 aromatic heterocycles. The molecule has 0 bridgehead atoms. The zero-order chi connectivity index (χ0) is 17.8. The van der Waals surface area contributed by atoms with Crippen molar-refractivity contribution >= 4 is 16.5 Å². The number of hydrogen-bond donors (Lipinski definition) is 1. The summed E-state index contributed by atoms with van der Waals surface area (Å²) >= 11 is 0. The molecule has 0 saturated heterocycles. The van der Waals surface area contributed by atoms with Gasteiger partial charge in [-0.15, -0.1) is 0 Å². The van der Waals surface area contributed by atoms with E-state index in [9.17, 15) is 10.1 Å². The van der Waals surface area contributed by atoms with Crippen LogP contribution in [0.5, 0.6) is 5.75 Å². The maximum absolute atomic E-state index is 10.7. The van der Waals surface area contributed by atoms with Crippen molar-refractivity contribution in [3.05, 3.63) is 81.9 Å². The first-order valence-electron chi connectivity index (χ1n) is 8.16. The Morgan fingerprint density at radius 3 is 2.20 bits per heavy atom. The smallest absolute Gasteiger partial charge is 0.269 e. The average Bonchev–Trinajstić information content (AvgIpc) is 2.61. The summed E-state index contributed by atoms with van der Waals surface area (Å²) < 4.78 is 5.26. The first kappa shape index (κ1) is 16.9. The Bertz CT molecular complexity index is 891. The lowest BCUT2D eigenvalue weighted by Crippen LogP contribution is -3.06. The summed E-state index contributed by atoms with van der Waals surface area (Å²) in [4.78, 5) is 11.7. The van der Waals surface area contributed by atoms with Crippen LogP contribution in [0.15, 0.2) is 60.7 Å². The molecule has 1 unspecified atom stereocenters. The summed E-state index contributed by atoms with van der Waals surface area (Å²) in [5.74, 6) is 0.862. The molecular weight excluding hydrogens is 316 g/mol. The van der Waals surface area contributed by atoms with Crippen LogP contribution < -0.4 is 9.64 Å². The second kappa shape index (κ2) is 7.32. The van der Waals surface area contributed by atoms with Crippen molar-refractivity contribution in [3.63, 3.8) is 0 Å². The average molecular weight is 337 g/mol. The van der Waals surface area contributed by atoms with Gasteiger partial charge in [-0.3, -0.25) is 10.1 Å². The fraction of sp³-hybridized carbons (Fsp3) is 0.200. The normalized spacial score (nSPS) is 12.1. The van der Waals surface area contributed by atoms with E-state index in [1.54, 1.807) is 19.2 Å². The summed E-state index contributed by atoms with van der Waals surface area (Å²) in [6.07, 6.45) is 0. The number of methoxy groups -OCH3 is 1. The summed E-state index contributed by atoms with van der Waals surface area (Å²) in [5, 5.41) is 13.1. The minimum atomic E-state index is -0.371. The number of nitrogens with one attached hydrogen (secondary N) is 1. The van der Waals surface area contributed by atoms with E-state index >= 15 is 0 Å². The van der Waals surface area contributed by atoms with E-state index in [2.05, 4.69) is 31.3 Å². The van der Waals surface area contributed by atoms with E-state index in [-0.39, 0.29) is 10.6 Å². The topological polar surface area (TPSA) is 56.8 Å². The third-order valence-electron chi connectivity index (χ3n) is 4.27. The molecule has 0 aliphatic heterocycles. The highest BCUT2D eigenvalue weighted by atomic mass is 16.6. The van der Waals surface area contributed by atoms with Crippen molar-refractivity contribution in [1.29, 1.82) is 0 Å². The van der Waals surface area contributed by atoms with Crippen LogP contribution in [0.1, 0.15) is 11.1 Å². The molecule has 1 atom stereocenters. The molecule has 0 radical (unpaired) electrons. The Balaban J connectivity index is 1.68. The number of fused-ring (bicyclic) bond motifs is 1. The second-order valence-corrected chi connectivity index (χ2v) is 6.28. The summed E-state index contributed by atoms with van der Waals surface area (Å²) in [5.41, 5.74) is 2.48. The fourth-order valence-corrected chi connectivity index (χ4v) is 3.01. The van der Waals surface area contributed by atoms with Crippen molar-refractivity contribution in [2.45, 2.75) is 13.1 Å². The second-order valence-electron chi connectivity index (χ2n) is 6.28. The Labute approximate surface area is 146 Å². The van der Waals surface area contributed by atoms with E-state index in [0.717, 1.165) is 29.8 Å². The van der Waals surface area contributed by atoms with Crippen LogP contribution in [0.25, 0.3) is 10.8 Å². The lowest BCUT2D eigenvalue weighted by molar-refractivity contribution is -0.907. The van der Waals surface area contributed by atoms with Crippen LogP contribution in [0, 0.1) is 10.1 Å². The lowest BCUT2D eigenvalue weighted by atomic mass is 10.1. The monoisotopic (exact) mass is 337 g/mol. The van der Waals surface area contributed by atoms with E-state index in [4.69, 9.17) is 4.74 Å². The van der Waals surface area contributed by atoms with Crippen molar-refractivity contribution in [2.75, 3.05) is 14.2 Å². The highest BCUT2D eigenvalue weighted by molar-refractivity contribution is 5.84. The number of nitro groups is 1. The molecule has 3 rings (SSSR count). The summed E-state index contributed by atoms with van der Waals surface area (Å²) in [7, 11) is 3.80. The molecule has 0 amide bonds. The largest absolute Gasteiger partial charge is 0.497 e. The molecule has 0 saturated carbocycles. The van der Waals surface area contributed by atoms with E-state index < -0.39 is 0 Å². The van der Waals surface area contributed by atoms with E-state index in [1.165, 1.54) is 15.8 Å². The Morgan fingerprint density at radius 2 is 1.52 bits per heavy atom. The molecular formula is C20H21N2O3+. The molecule has 128 valence electrons. The number of hydrogen-bond acceptors (Lipinski definition) is 3. The van der Waals surface area contributed by atoms with E-state index in [0.29, 0.717) is 0 Å². The van der Waals surface area contributed by atoms with Gasteiger partial charge in [-0.05, 0) is 41.1 Å². The van der Waals surface area contributed by atoms with E-state index in [1.807, 2.05) is 24.3 Å². The van der Waals surface area contributed by atoms with Crippen LogP contribution in [-0.4, -0.2) is 19.1 Å². The van der Waals surface area contributed by atoms with Gasteiger partial charge in [-0.1, -0.05) is 18.2 Å². The van der Waals surface area contributed by atoms with Crippen LogP contribution in [0.4, 0.5) is 5.69 Å². The predicted molar refractivity (Wildman–Crippen MR) is 97.9 cm³/mol. The van der Waals surface area contributed by atoms with Gasteiger partial charge < -0.3 is 9.64 Å². The highest BCUT2D eigenvalue weighted by Crippen LogP contribution is 2.21. The quantitative estimate of drug-likeness (QED) is 0.556. The molecule has 0 heterocycles. The van der Waals surface area contributed by atoms with Gasteiger partial charge >= 0.3 is 0 Å². The Hall–Kier alpha value is -2.92. The zero-order valence-electron chi connectivity index (χ0n) is 14.4. The number of benzene rings is 3. The van der Waals surface area contributed by atoms with Crippen LogP contribution in [0.3, 0.4) is 0 Å². The van der Waals surface area contributed by atoms with Gasteiger partial charge in [0.1, 0.15) is 18.8 Å². The first-order valence-corrected chi connectivity index (χ1v) is 8.16. The molecule has 0 spiro atoms. The number of rotatable bonds is 6. The van der Waals surface area contributed by atoms with Crippen molar-refractivity contribution in [3.8, 4) is 5.75 Å². The number of nitrogens with zero attached hydrogens (tertiary/aromatic N) is 1. The van der Waals surface area contributed by atoms with Crippen LogP contribution in [-0.2, 0) is 13.1 Å². The predicted octanol–water partition coefficient (Wildman–Crippen LogP) is 2.97. The van der Waals surface area contributed by atoms with Gasteiger partial charge in [0.2, 0.25) is 0 Å². The van der Waals surface area contributed by atoms with Gasteiger partial charge in [0.15, 0.2) is 0 Å². The molecule has 5 heteroatoms. The molecule has 1 N–H and O–H groups in total. The summed E-state index contributed by atoms with van der Waals surface area (Å²) in [6, 6.07) is 19.3. The zero-order valence-corrected chi connectivity index (χ0v) is 14.4. The highest BCUT2D eigenvalue weighted by Gasteiger charge is 2.09. The van der Waals surface area contributed by atoms with Crippen LogP contribution in [0.2, 0.25) is 0 Å². The first-order chi connectivity index (χ1) is 12.0. The molecule has 3 aromatic rings. The van der Waals surface area contributed by atoms with Crippen LogP contribution >= 0.6 is 0 Å². The Morgan fingerprint density at radius 1 is 0.920 bits per heavy atom. The standard InChI is InChI=1S/C20H20N2O3/c1-21(13-15-4-8-19(9-5-15)22(23)24)14-16-3-6-18-12-20(25-2)10-7-17(18)11-16/h3-12H,13-14H2,1-2H3/p+1. The van der Waals surface area contributed by atoms with Gasteiger partial charge in [0.25, 0.3) is 5.69 Å². The van der Waals surface area contributed by atoms with Crippen molar-refractivity contribution in [2.24, 2.45) is 0 Å². The van der Waals surface area contributed by atoms with Gasteiger partial charge in [-0.25, -0.2) is 0 Å². The number of nitro benzene ring substituents is 1. The van der Waals surface area contributed by atoms with Crippen molar-refractivity contribution < 1.29 is 14.6 Å². The molecule has 25 heavy (non-hydrogen) atoms. The third kappa shape index (κ3) is 4.14. The fourth-order valence-electron chi connectivity index (χ4n) is 3.01. The lowest BCUT2D eigenvalue weighted by Gasteiger charge is -2.14. The van der Waals surface area contributed by atoms with Gasteiger partial charge in [-0.2, -0.15) is 0 Å². The molecule has 0 aliphatic carbocycles. The maximum Gasteiger partial charge on any atom is 0.269 e. The van der Waals surface area contributed by atoms with Gasteiger partial charge in [0, 0.05) is 23.3 Å². The minimum absolute atomic E-state index is 0.131. The number of quaternary nitrogens is 1. The Kier molecular flexibility index (Phi) is 4.95. The van der Waals surface area contributed by atoms with Crippen molar-refractivity contribution in [1.82, 2.24) is 0 Å². The summed E-state index contributed by atoms with van der Waals surface area (Å²) in [6.45, 7) is 1.71. The third-order valence-corrected chi connectivity index (χ3v) is 4.27. The molecule has 5 nitrogen and oxygen atoms in total. The maximum atomic E-state index is 10.7. The molecule has 0 fully saturated rings. The number of non-ortho nitro benzene ring substituents is 1. The SMILES string of the molecule is COc1ccc2cc(C[NH+](C)Cc3ccc([N+](=O)[O-])cc3)ccc2c1. The molecule has 3 aromatic carbocycles. The minimum Gasteiger partial charge on any atom is -0.497 e. The number of ether oxygens (including phenoxy) is 1.